The van der Waals surface area contributed by atoms with Crippen LogP contribution in [0.5, 0.6) is 0 Å². The fraction of sp³-hybridized carbons (Fsp3) is 0.759. The molecule has 7 N–H and O–H groups in total. The number of hydrogen-bond donors (Lipinski definition) is 7. The highest BCUT2D eigenvalue weighted by atomic mass is 16.7. The van der Waals surface area contributed by atoms with E-state index in [0.717, 1.165) is 77.0 Å². The van der Waals surface area contributed by atoms with E-state index in [1.54, 1.807) is 0 Å². The Hall–Kier alpha value is -2.57. The van der Waals surface area contributed by atoms with Crippen molar-refractivity contribution >= 4 is 5.97 Å². The molecule has 0 spiro atoms. The molecule has 0 aromatic heterocycles. The Morgan fingerprint density at radius 3 is 1.51 bits per heavy atom. The van der Waals surface area contributed by atoms with E-state index in [-0.39, 0.29) is 19.6 Å². The summed E-state index contributed by atoms with van der Waals surface area (Å²) in [5.41, 5.74) is 0. The fourth-order valence-electron chi connectivity index (χ4n) is 7.72. The van der Waals surface area contributed by atoms with Gasteiger partial charge in [-0.1, -0.05) is 145 Å². The van der Waals surface area contributed by atoms with Crippen LogP contribution in [-0.4, -0.2) is 142 Å². The molecule has 0 aliphatic carbocycles. The van der Waals surface area contributed by atoms with E-state index in [4.69, 9.17) is 28.4 Å². The first-order valence-corrected chi connectivity index (χ1v) is 26.0. The number of hydrogen-bond acceptors (Lipinski definition) is 14. The first kappa shape index (κ1) is 61.5. The number of esters is 1. The van der Waals surface area contributed by atoms with E-state index in [9.17, 15) is 40.5 Å². The number of rotatable bonds is 40. The molecule has 392 valence electrons. The number of carbonyl (C=O) groups excluding carboxylic acids is 1. The molecular weight excluding hydrogens is 873 g/mol. The lowest BCUT2D eigenvalue weighted by Gasteiger charge is -2.42. The minimum Gasteiger partial charge on any atom is -0.457 e. The fourth-order valence-corrected chi connectivity index (χ4v) is 7.72. The third kappa shape index (κ3) is 28.3. The van der Waals surface area contributed by atoms with Crippen molar-refractivity contribution in [2.45, 2.75) is 229 Å². The first-order chi connectivity index (χ1) is 33.1. The standard InChI is InChI=1S/C54H92O14/c1-3-5-7-9-11-13-15-17-19-20-21-22-23-25-27-29-31-33-35-37-46(56)66-43(40-63-38-36-34-32-30-28-26-24-18-16-14-12-10-8-6-4-2)41-64-53-52(62)50(60)48(58)45(68-53)42-65-54-51(61)49(59)47(57)44(39-55)67-54/h5,7,11,13,16-19,21-22,25,27,43-45,47-55,57-62H,3-4,6,8-10,12,14-15,20,23-24,26,28-42H2,1-2H3/b7-5-,13-11-,18-16-,19-17-,22-21-,27-25-. The van der Waals surface area contributed by atoms with Gasteiger partial charge in [-0.2, -0.15) is 0 Å². The summed E-state index contributed by atoms with van der Waals surface area (Å²) in [6.07, 6.45) is 33.9. The van der Waals surface area contributed by atoms with Crippen LogP contribution in [0.4, 0.5) is 0 Å². The van der Waals surface area contributed by atoms with Crippen LogP contribution in [0.25, 0.3) is 0 Å². The largest absolute Gasteiger partial charge is 0.457 e. The van der Waals surface area contributed by atoms with Crippen molar-refractivity contribution in [2.24, 2.45) is 0 Å². The van der Waals surface area contributed by atoms with E-state index in [2.05, 4.69) is 86.8 Å². The number of allylic oxidation sites excluding steroid dienone is 12. The van der Waals surface area contributed by atoms with Crippen LogP contribution in [0.3, 0.4) is 0 Å². The van der Waals surface area contributed by atoms with Crippen molar-refractivity contribution in [3.05, 3.63) is 72.9 Å². The molecule has 0 aromatic rings. The van der Waals surface area contributed by atoms with Gasteiger partial charge in [0, 0.05) is 13.0 Å². The number of unbranched alkanes of at least 4 members (excludes halogenated alkanes) is 14. The predicted octanol–water partition coefficient (Wildman–Crippen LogP) is 7.90. The zero-order valence-electron chi connectivity index (χ0n) is 41.6. The zero-order chi connectivity index (χ0) is 49.5. The van der Waals surface area contributed by atoms with E-state index >= 15 is 0 Å². The molecule has 14 heteroatoms. The van der Waals surface area contributed by atoms with Crippen molar-refractivity contribution in [2.75, 3.05) is 33.0 Å². The van der Waals surface area contributed by atoms with Crippen LogP contribution in [0.1, 0.15) is 162 Å². The van der Waals surface area contributed by atoms with Gasteiger partial charge in [-0.15, -0.1) is 0 Å². The molecular formula is C54H92O14. The maximum absolute atomic E-state index is 13.0. The zero-order valence-corrected chi connectivity index (χ0v) is 41.6. The molecule has 2 aliphatic rings. The summed E-state index contributed by atoms with van der Waals surface area (Å²) in [4.78, 5) is 13.0. The molecule has 2 heterocycles. The third-order valence-electron chi connectivity index (χ3n) is 11.9. The van der Waals surface area contributed by atoms with Gasteiger partial charge in [0.2, 0.25) is 0 Å². The smallest absolute Gasteiger partial charge is 0.306 e. The molecule has 11 atom stereocenters. The first-order valence-electron chi connectivity index (χ1n) is 26.0. The summed E-state index contributed by atoms with van der Waals surface area (Å²) in [6, 6.07) is 0. The molecule has 68 heavy (non-hydrogen) atoms. The number of ether oxygens (including phenoxy) is 6. The van der Waals surface area contributed by atoms with Gasteiger partial charge in [-0.3, -0.25) is 4.79 Å². The Labute approximate surface area is 408 Å². The minimum atomic E-state index is -1.72. The second-order valence-corrected chi connectivity index (χ2v) is 18.0. The summed E-state index contributed by atoms with van der Waals surface area (Å²) < 4.78 is 34.2. The Kier molecular flexibility index (Phi) is 37.2. The molecule has 2 aliphatic heterocycles. The van der Waals surface area contributed by atoms with Crippen LogP contribution in [0.15, 0.2) is 72.9 Å². The average Bonchev–Trinajstić information content (AvgIpc) is 3.33. The molecule has 0 radical (unpaired) electrons. The van der Waals surface area contributed by atoms with Crippen LogP contribution >= 0.6 is 0 Å². The lowest BCUT2D eigenvalue weighted by atomic mass is 9.98. The van der Waals surface area contributed by atoms with Gasteiger partial charge in [-0.25, -0.2) is 0 Å². The summed E-state index contributed by atoms with van der Waals surface area (Å²) in [5.74, 6) is -0.412. The second kappa shape index (κ2) is 41.1. The third-order valence-corrected chi connectivity index (χ3v) is 11.9. The van der Waals surface area contributed by atoms with Gasteiger partial charge in [0.25, 0.3) is 0 Å². The monoisotopic (exact) mass is 965 g/mol. The maximum Gasteiger partial charge on any atom is 0.306 e. The molecule has 14 nitrogen and oxygen atoms in total. The van der Waals surface area contributed by atoms with E-state index in [0.29, 0.717) is 13.0 Å². The highest BCUT2D eigenvalue weighted by molar-refractivity contribution is 5.69. The van der Waals surface area contributed by atoms with Crippen molar-refractivity contribution in [1.29, 1.82) is 0 Å². The van der Waals surface area contributed by atoms with Gasteiger partial charge < -0.3 is 64.2 Å². The normalized spacial score (nSPS) is 26.5. The predicted molar refractivity (Wildman–Crippen MR) is 265 cm³/mol. The number of carbonyl (C=O) groups is 1. The van der Waals surface area contributed by atoms with Crippen LogP contribution in [-0.2, 0) is 33.2 Å². The molecule has 0 aromatic carbocycles. The SMILES string of the molecule is CC/C=C\C/C=C\C/C=C\C/C=C\C/C=C\CCCCCC(=O)OC(COCCCCCCCC/C=C\CCCCCCC)COC1OC(COC2OC(CO)C(O)C(O)C2O)C(O)C(O)C1O. The van der Waals surface area contributed by atoms with Crippen LogP contribution < -0.4 is 0 Å². The molecule has 2 rings (SSSR count). The summed E-state index contributed by atoms with van der Waals surface area (Å²) in [7, 11) is 0. The minimum absolute atomic E-state index is 0.0401. The quantitative estimate of drug-likeness (QED) is 0.0177. The molecule has 11 unspecified atom stereocenters. The van der Waals surface area contributed by atoms with Crippen LogP contribution in [0.2, 0.25) is 0 Å². The highest BCUT2D eigenvalue weighted by Gasteiger charge is 2.47. The van der Waals surface area contributed by atoms with Crippen molar-refractivity contribution in [3.8, 4) is 0 Å². The molecule has 0 saturated carbocycles. The Morgan fingerprint density at radius 2 is 0.956 bits per heavy atom. The lowest BCUT2D eigenvalue weighted by Crippen LogP contribution is -2.61. The lowest BCUT2D eigenvalue weighted by molar-refractivity contribution is -0.332. The average molecular weight is 965 g/mol. The number of aliphatic hydroxyl groups excluding tert-OH is 7. The molecule has 2 saturated heterocycles. The maximum atomic E-state index is 13.0. The van der Waals surface area contributed by atoms with E-state index in [1.807, 2.05) is 0 Å². The highest BCUT2D eigenvalue weighted by Crippen LogP contribution is 2.26. The summed E-state index contributed by atoms with van der Waals surface area (Å²) in [5, 5.41) is 72.1. The Bertz CT molecular complexity index is 1400. The molecule has 0 amide bonds. The van der Waals surface area contributed by atoms with Crippen LogP contribution in [0, 0.1) is 0 Å². The topological polar surface area (TPSA) is 214 Å². The van der Waals surface area contributed by atoms with Gasteiger partial charge in [0.1, 0.15) is 54.9 Å². The molecule has 2 fully saturated rings. The van der Waals surface area contributed by atoms with Gasteiger partial charge in [-0.05, 0) is 83.5 Å². The Morgan fingerprint density at radius 1 is 0.500 bits per heavy atom. The van der Waals surface area contributed by atoms with Gasteiger partial charge in [0.05, 0.1) is 26.4 Å². The summed E-state index contributed by atoms with van der Waals surface area (Å²) >= 11 is 0. The van der Waals surface area contributed by atoms with Crippen molar-refractivity contribution in [3.63, 3.8) is 0 Å². The van der Waals surface area contributed by atoms with Gasteiger partial charge in [0.15, 0.2) is 12.6 Å². The van der Waals surface area contributed by atoms with Crippen molar-refractivity contribution in [1.82, 2.24) is 0 Å². The number of aliphatic hydroxyl groups is 7. The van der Waals surface area contributed by atoms with E-state index < -0.39 is 86.7 Å². The molecule has 0 bridgehead atoms. The second-order valence-electron chi connectivity index (χ2n) is 18.0. The van der Waals surface area contributed by atoms with Gasteiger partial charge >= 0.3 is 5.97 Å². The Balaban J connectivity index is 1.79. The van der Waals surface area contributed by atoms with Crippen molar-refractivity contribution < 1.29 is 69.0 Å². The van der Waals surface area contributed by atoms with E-state index in [1.165, 1.54) is 57.8 Å². The summed E-state index contributed by atoms with van der Waals surface area (Å²) in [6.45, 7) is 3.49.